The molecule has 2 heterocycles. The number of aliphatic hydroxyl groups is 1. The zero-order chi connectivity index (χ0) is 22.3. The van der Waals surface area contributed by atoms with Crippen molar-refractivity contribution in [3.05, 3.63) is 18.1 Å². The fourth-order valence-corrected chi connectivity index (χ4v) is 3.70. The summed E-state index contributed by atoms with van der Waals surface area (Å²) in [5.74, 6) is -0.608. The molecule has 10 nitrogen and oxygen atoms in total. The van der Waals surface area contributed by atoms with Crippen LogP contribution in [0.25, 0.3) is 11.0 Å². The zero-order valence-electron chi connectivity index (χ0n) is 17.1. The van der Waals surface area contributed by atoms with Crippen LogP contribution >= 0.6 is 0 Å². The third-order valence-electron chi connectivity index (χ3n) is 5.10. The molecule has 10 heteroatoms. The van der Waals surface area contributed by atoms with E-state index in [4.69, 9.17) is 15.5 Å². The molecule has 1 unspecified atom stereocenters. The van der Waals surface area contributed by atoms with Gasteiger partial charge in [-0.1, -0.05) is 0 Å². The van der Waals surface area contributed by atoms with Gasteiger partial charge in [0.1, 0.15) is 29.7 Å². The van der Waals surface area contributed by atoms with E-state index in [0.717, 1.165) is 42.5 Å². The molecule has 1 atom stereocenters. The number of nitrogens with one attached hydrogen (secondary N) is 1. The fourth-order valence-electron chi connectivity index (χ4n) is 3.70. The monoisotopic (exact) mass is 417 g/mol. The molecule has 1 saturated carbocycles. The lowest BCUT2D eigenvalue weighted by Gasteiger charge is -2.30. The Labute approximate surface area is 174 Å². The molecule has 3 rings (SSSR count). The van der Waals surface area contributed by atoms with Crippen molar-refractivity contribution in [1.82, 2.24) is 14.5 Å². The second-order valence-corrected chi connectivity index (χ2v) is 7.33. The Morgan fingerprint density at radius 2 is 1.93 bits per heavy atom. The number of anilines is 1. The molecule has 0 bridgehead atoms. The summed E-state index contributed by atoms with van der Waals surface area (Å²) in [6, 6.07) is 4.61. The third-order valence-corrected chi connectivity index (χ3v) is 5.10. The van der Waals surface area contributed by atoms with Gasteiger partial charge in [0.15, 0.2) is 0 Å². The molecule has 4 N–H and O–H groups in total. The Kier molecular flexibility index (Phi) is 8.12. The van der Waals surface area contributed by atoms with Gasteiger partial charge < -0.3 is 25.2 Å². The van der Waals surface area contributed by atoms with Crippen LogP contribution in [-0.4, -0.2) is 48.8 Å². The smallest absolute Gasteiger partial charge is 0.314 e. The van der Waals surface area contributed by atoms with Gasteiger partial charge in [0.25, 0.3) is 0 Å². The molecule has 0 amide bonds. The molecule has 162 valence electrons. The number of hydrogen-bond acceptors (Lipinski definition) is 7. The highest BCUT2D eigenvalue weighted by atomic mass is 16.4. The van der Waals surface area contributed by atoms with E-state index in [-0.39, 0.29) is 0 Å². The maximum absolute atomic E-state index is 10.1. The summed E-state index contributed by atoms with van der Waals surface area (Å²) in [7, 11) is 1.84. The Balaban J connectivity index is 0.000000396. The number of carbonyl (C=O) groups is 2. The van der Waals surface area contributed by atoms with Gasteiger partial charge in [0, 0.05) is 25.6 Å². The second-order valence-electron chi connectivity index (χ2n) is 7.33. The zero-order valence-corrected chi connectivity index (χ0v) is 17.1. The van der Waals surface area contributed by atoms with Crippen LogP contribution < -0.4 is 5.32 Å². The van der Waals surface area contributed by atoms with Crippen LogP contribution in [0.4, 0.5) is 5.82 Å². The normalized spacial score (nSPS) is 19.3. The molecule has 30 heavy (non-hydrogen) atoms. The number of aliphatic hydroxyl groups excluding tert-OH is 1. The molecule has 0 aromatic carbocycles. The van der Waals surface area contributed by atoms with Gasteiger partial charge >= 0.3 is 11.9 Å². The lowest BCUT2D eigenvalue weighted by atomic mass is 9.84. The van der Waals surface area contributed by atoms with E-state index in [1.54, 1.807) is 13.1 Å². The number of fused-ring (bicyclic) bond motifs is 1. The number of imidazole rings is 1. The Bertz CT molecular complexity index is 914. The molecule has 2 aromatic heterocycles. The van der Waals surface area contributed by atoms with Crippen molar-refractivity contribution in [3.63, 3.8) is 0 Å². The van der Waals surface area contributed by atoms with E-state index in [0.29, 0.717) is 24.2 Å². The number of rotatable bonds is 6. The molecule has 1 aliphatic rings. The number of pyridine rings is 1. The van der Waals surface area contributed by atoms with Gasteiger partial charge in [0.2, 0.25) is 0 Å². The summed E-state index contributed by atoms with van der Waals surface area (Å²) < 4.78 is 2.19. The number of hydrogen-bond donors (Lipinski definition) is 4. The topological polar surface area (TPSA) is 161 Å². The summed E-state index contributed by atoms with van der Waals surface area (Å²) in [5.41, 5.74) is 1.84. The van der Waals surface area contributed by atoms with Crippen molar-refractivity contribution >= 4 is 28.8 Å². The Morgan fingerprint density at radius 1 is 1.30 bits per heavy atom. The predicted molar refractivity (Wildman–Crippen MR) is 109 cm³/mol. The third kappa shape index (κ3) is 5.90. The first-order chi connectivity index (χ1) is 14.3. The molecule has 1 aliphatic carbocycles. The maximum Gasteiger partial charge on any atom is 0.314 e. The van der Waals surface area contributed by atoms with Crippen molar-refractivity contribution in [1.29, 1.82) is 5.26 Å². The van der Waals surface area contributed by atoms with E-state index in [9.17, 15) is 14.7 Å². The highest BCUT2D eigenvalue weighted by Gasteiger charge is 2.27. The van der Waals surface area contributed by atoms with Crippen LogP contribution in [0.5, 0.6) is 0 Å². The van der Waals surface area contributed by atoms with Gasteiger partial charge in [-0.05, 0) is 38.5 Å². The minimum Gasteiger partial charge on any atom is -0.481 e. The van der Waals surface area contributed by atoms with Gasteiger partial charge in [-0.3, -0.25) is 9.59 Å². The molecule has 1 fully saturated rings. The van der Waals surface area contributed by atoms with Gasteiger partial charge in [0.05, 0.1) is 17.8 Å². The van der Waals surface area contributed by atoms with Crippen LogP contribution in [0, 0.1) is 17.2 Å². The van der Waals surface area contributed by atoms with Gasteiger partial charge in [-0.15, -0.1) is 0 Å². The van der Waals surface area contributed by atoms with Crippen molar-refractivity contribution in [3.8, 4) is 6.07 Å². The van der Waals surface area contributed by atoms with Crippen LogP contribution in [0.3, 0.4) is 0 Å². The van der Waals surface area contributed by atoms with Crippen LogP contribution in [0.1, 0.15) is 63.4 Å². The minimum atomic E-state index is -1.31. The van der Waals surface area contributed by atoms with Crippen molar-refractivity contribution in [2.75, 3.05) is 12.4 Å². The number of carboxylic acids is 2. The van der Waals surface area contributed by atoms with Crippen LogP contribution in [-0.2, 0) is 9.59 Å². The van der Waals surface area contributed by atoms with Crippen LogP contribution in [0.2, 0.25) is 0 Å². The lowest BCUT2D eigenvalue weighted by molar-refractivity contribution is -0.147. The fraction of sp³-hybridized carbons (Fsp3) is 0.550. The highest BCUT2D eigenvalue weighted by molar-refractivity contribution is 5.88. The van der Waals surface area contributed by atoms with Gasteiger partial charge in [-0.25, -0.2) is 9.97 Å². The van der Waals surface area contributed by atoms with E-state index in [1.165, 1.54) is 0 Å². The first-order valence-electron chi connectivity index (χ1n) is 9.81. The molecule has 0 radical (unpaired) electrons. The second kappa shape index (κ2) is 10.5. The molecule has 0 spiro atoms. The average Bonchev–Trinajstić information content (AvgIpc) is 3.07. The van der Waals surface area contributed by atoms with Crippen molar-refractivity contribution < 1.29 is 24.9 Å². The van der Waals surface area contributed by atoms with E-state index >= 15 is 0 Å². The van der Waals surface area contributed by atoms with Crippen LogP contribution in [0.15, 0.2) is 12.3 Å². The summed E-state index contributed by atoms with van der Waals surface area (Å²) in [5, 5.41) is 37.5. The maximum atomic E-state index is 10.1. The average molecular weight is 417 g/mol. The molecule has 0 saturated heterocycles. The molecule has 2 aromatic rings. The Morgan fingerprint density at radius 3 is 2.40 bits per heavy atom. The first-order valence-corrected chi connectivity index (χ1v) is 9.81. The number of nitrogens with zero attached hydrogens (tertiary/aromatic N) is 4. The lowest BCUT2D eigenvalue weighted by Crippen LogP contribution is -2.20. The number of carboxylic acid groups (broad SMARTS) is 2. The standard InChI is InChI=1S/C17H23N5O.C3H4O4/c1-11(23)17-21-14-10-20-16(19-2)9-15(14)22(17)13-5-3-12(4-6-13)7-8-18;4-2(5)1-3(6)7/h9-13,23H,3-7H2,1-2H3,(H,19,20);1H2,(H,4,5)(H,6,7)/t11?,12-,13-;. The summed E-state index contributed by atoms with van der Waals surface area (Å²) in [6.45, 7) is 1.76. The molecule has 0 aliphatic heterocycles. The van der Waals surface area contributed by atoms with E-state index in [1.807, 2.05) is 13.1 Å². The van der Waals surface area contributed by atoms with E-state index in [2.05, 4.69) is 25.9 Å². The first kappa shape index (κ1) is 23.1. The van der Waals surface area contributed by atoms with E-state index < -0.39 is 24.5 Å². The SMILES string of the molecule is CNc1cc2c(cn1)nc(C(C)O)n2[C@H]1CC[C@H](CC#N)CC1.O=C(O)CC(=O)O. The summed E-state index contributed by atoms with van der Waals surface area (Å²) in [4.78, 5) is 27.8. The highest BCUT2D eigenvalue weighted by Crippen LogP contribution is 2.37. The summed E-state index contributed by atoms with van der Waals surface area (Å²) in [6.07, 6.45) is 5.14. The number of nitriles is 1. The quantitative estimate of drug-likeness (QED) is 0.518. The van der Waals surface area contributed by atoms with Gasteiger partial charge in [-0.2, -0.15) is 5.26 Å². The number of aromatic nitrogens is 3. The largest absolute Gasteiger partial charge is 0.481 e. The summed E-state index contributed by atoms with van der Waals surface area (Å²) >= 11 is 0. The van der Waals surface area contributed by atoms with Crippen molar-refractivity contribution in [2.45, 2.75) is 57.6 Å². The predicted octanol–water partition coefficient (Wildman–Crippen LogP) is 2.72. The Hall–Kier alpha value is -3.19. The molecular weight excluding hydrogens is 390 g/mol. The van der Waals surface area contributed by atoms with Crippen molar-refractivity contribution in [2.24, 2.45) is 5.92 Å². The minimum absolute atomic E-state index is 0.326. The molecular formula is C20H27N5O5. The number of aliphatic carboxylic acids is 2.